The molecule has 3 aromatic rings. The number of likely N-dealkylation sites (N-methyl/N-ethyl adjacent to an activating group) is 1. The van der Waals surface area contributed by atoms with Crippen molar-refractivity contribution in [2.24, 2.45) is 11.5 Å². The van der Waals surface area contributed by atoms with Gasteiger partial charge in [-0.3, -0.25) is 28.8 Å². The van der Waals surface area contributed by atoms with E-state index in [2.05, 4.69) is 33.5 Å². The predicted molar refractivity (Wildman–Crippen MR) is 247 cm³/mol. The lowest BCUT2D eigenvalue weighted by Crippen LogP contribution is -2.56. The number of aryl methyl sites for hydroxylation is 2. The highest BCUT2D eigenvalue weighted by Crippen LogP contribution is 2.40. The Labute approximate surface area is 381 Å². The van der Waals surface area contributed by atoms with Crippen LogP contribution >= 0.6 is 0 Å². The minimum atomic E-state index is -1.46. The van der Waals surface area contributed by atoms with Gasteiger partial charge in [-0.05, 0) is 79.3 Å². The van der Waals surface area contributed by atoms with Crippen molar-refractivity contribution in [3.05, 3.63) is 82.4 Å². The molecule has 0 aliphatic carbocycles. The molecule has 4 atom stereocenters. The molecule has 1 heterocycles. The van der Waals surface area contributed by atoms with Crippen molar-refractivity contribution >= 4 is 35.4 Å². The van der Waals surface area contributed by atoms with Crippen molar-refractivity contribution in [1.29, 1.82) is 5.26 Å². The van der Waals surface area contributed by atoms with Crippen LogP contribution in [0.15, 0.2) is 54.6 Å². The Morgan fingerprint density at radius 1 is 0.892 bits per heavy atom. The Kier molecular flexibility index (Phi) is 20.2. The van der Waals surface area contributed by atoms with E-state index in [4.69, 9.17) is 26.2 Å². The lowest BCUT2D eigenvalue weighted by molar-refractivity contribution is -0.142. The molecule has 0 spiro atoms. The number of ether oxygens (including phenoxy) is 2. The maximum absolute atomic E-state index is 14.7. The van der Waals surface area contributed by atoms with Gasteiger partial charge >= 0.3 is 0 Å². The van der Waals surface area contributed by atoms with Crippen molar-refractivity contribution in [2.45, 2.75) is 103 Å². The molecular weight excluding hydrogens is 831 g/mol. The van der Waals surface area contributed by atoms with Gasteiger partial charge in [-0.15, -0.1) is 0 Å². The number of unbranched alkanes of at least 4 members (excludes halogenated alkanes) is 5. The quantitative estimate of drug-likeness (QED) is 0.0604. The minimum Gasteiger partial charge on any atom is -0.492 e. The molecule has 1 aliphatic heterocycles. The van der Waals surface area contributed by atoms with Gasteiger partial charge in [0, 0.05) is 50.3 Å². The van der Waals surface area contributed by atoms with E-state index >= 15 is 0 Å². The molecule has 9 N–H and O–H groups in total. The number of nitrogens with one attached hydrogen (secondary N) is 5. The maximum atomic E-state index is 14.7. The summed E-state index contributed by atoms with van der Waals surface area (Å²) in [4.78, 5) is 84.4. The fraction of sp³-hybridized carbons (Fsp3) is 0.479. The minimum absolute atomic E-state index is 0.00626. The highest BCUT2D eigenvalue weighted by atomic mass is 16.5. The van der Waals surface area contributed by atoms with E-state index in [1.54, 1.807) is 42.5 Å². The number of nitrogens with two attached hydrogens (primary N) is 2. The maximum Gasteiger partial charge on any atom is 0.252 e. The first-order valence-electron chi connectivity index (χ1n) is 22.3. The highest BCUT2D eigenvalue weighted by Gasteiger charge is 2.37. The molecule has 0 saturated heterocycles. The molecule has 0 unspecified atom stereocenters. The summed E-state index contributed by atoms with van der Waals surface area (Å²) in [5.41, 5.74) is 15.6. The SMILES string of the molecule is CCCCCCCCc1ccc(C(=O)N[C@@H](CC(=O)NC)C(=O)N(C)[C@@H]2C(=O)N[C@@H](C)C(=O)N[C@H](C(=O)NCC#N)Cc3ccc(OCCN)c(c3)-c3cc2ccc3OCCN)c(C)c1. The molecule has 4 bridgehead atoms. The van der Waals surface area contributed by atoms with Crippen LogP contribution in [-0.4, -0.2) is 105 Å². The summed E-state index contributed by atoms with van der Waals surface area (Å²) in [6, 6.07) is 12.2. The predicted octanol–water partition coefficient (Wildman–Crippen LogP) is 2.86. The van der Waals surface area contributed by atoms with E-state index in [-0.39, 0.29) is 44.8 Å². The van der Waals surface area contributed by atoms with Gasteiger partial charge in [-0.2, -0.15) is 5.26 Å². The normalized spacial score (nSPS) is 16.4. The van der Waals surface area contributed by atoms with Crippen LogP contribution in [0.4, 0.5) is 0 Å². The molecule has 3 aromatic carbocycles. The largest absolute Gasteiger partial charge is 0.492 e. The number of amides is 6. The summed E-state index contributed by atoms with van der Waals surface area (Å²) in [5.74, 6) is -3.28. The lowest BCUT2D eigenvalue weighted by Gasteiger charge is -2.32. The van der Waals surface area contributed by atoms with Gasteiger partial charge in [-0.25, -0.2) is 0 Å². The van der Waals surface area contributed by atoms with E-state index in [1.807, 2.05) is 25.1 Å². The van der Waals surface area contributed by atoms with E-state index in [1.165, 1.54) is 46.7 Å². The zero-order chi connectivity index (χ0) is 47.5. The molecular formula is C48H65N9O8. The van der Waals surface area contributed by atoms with Gasteiger partial charge < -0.3 is 52.4 Å². The summed E-state index contributed by atoms with van der Waals surface area (Å²) in [7, 11) is 2.78. The third-order valence-electron chi connectivity index (χ3n) is 11.2. The molecule has 0 saturated carbocycles. The van der Waals surface area contributed by atoms with Crippen molar-refractivity contribution in [2.75, 3.05) is 46.9 Å². The Morgan fingerprint density at radius 2 is 1.55 bits per heavy atom. The van der Waals surface area contributed by atoms with E-state index in [0.717, 1.165) is 29.7 Å². The van der Waals surface area contributed by atoms with Crippen molar-refractivity contribution in [3.8, 4) is 28.7 Å². The van der Waals surface area contributed by atoms with Crippen LogP contribution in [0.25, 0.3) is 11.1 Å². The monoisotopic (exact) mass is 895 g/mol. The third kappa shape index (κ3) is 14.5. The molecule has 6 amide bonds. The standard InChI is InChI=1S/C48H65N9O8/c1-6-7-8-9-10-11-12-32-13-16-35(30(2)25-32)45(60)56-39(29-42(58)52-4)48(63)57(5)43-34-15-18-41(65-24-21-51)37(28-34)36-26-33(14-17-40(36)64-23-20-50)27-38(46(61)53-22-19-49)55-44(59)31(3)54-47(43)62/h13-18,25-26,28,31,38-39,43H,6-12,20-24,27,29,50-51H2,1-5H3,(H,52,58)(H,53,61)(H,54,62)(H,55,59)(H,56,60)/t31-,38-,39-,43-/m0/s1. The fourth-order valence-corrected chi connectivity index (χ4v) is 7.67. The first-order valence-corrected chi connectivity index (χ1v) is 22.3. The molecule has 17 heteroatoms. The summed E-state index contributed by atoms with van der Waals surface area (Å²) >= 11 is 0. The highest BCUT2D eigenvalue weighted by molar-refractivity contribution is 6.01. The first kappa shape index (κ1) is 51.1. The molecule has 17 nitrogen and oxygen atoms in total. The van der Waals surface area contributed by atoms with Gasteiger partial charge in [0.05, 0.1) is 12.5 Å². The van der Waals surface area contributed by atoms with Crippen LogP contribution in [-0.2, 0) is 36.8 Å². The molecule has 0 radical (unpaired) electrons. The number of rotatable bonds is 21. The zero-order valence-electron chi connectivity index (χ0n) is 38.2. The first-order chi connectivity index (χ1) is 31.3. The van der Waals surface area contributed by atoms with Crippen molar-refractivity contribution in [1.82, 2.24) is 31.5 Å². The molecule has 0 fully saturated rings. The van der Waals surface area contributed by atoms with Gasteiger partial charge in [0.15, 0.2) is 0 Å². The van der Waals surface area contributed by atoms with E-state index in [9.17, 15) is 28.8 Å². The van der Waals surface area contributed by atoms with Crippen LogP contribution in [0.2, 0.25) is 0 Å². The summed E-state index contributed by atoms with van der Waals surface area (Å²) < 4.78 is 12.2. The number of nitriles is 1. The molecule has 1 aliphatic rings. The number of benzene rings is 3. The second-order valence-corrected chi connectivity index (χ2v) is 16.2. The second-order valence-electron chi connectivity index (χ2n) is 16.2. The van der Waals surface area contributed by atoms with Gasteiger partial charge in [-0.1, -0.05) is 63.3 Å². The molecule has 0 aromatic heterocycles. The fourth-order valence-electron chi connectivity index (χ4n) is 7.67. The third-order valence-corrected chi connectivity index (χ3v) is 11.2. The summed E-state index contributed by atoms with van der Waals surface area (Å²) in [6.45, 7) is 5.76. The number of carbonyl (C=O) groups excluding carboxylic acids is 6. The topological polar surface area (TPSA) is 260 Å². The average Bonchev–Trinajstić information content (AvgIpc) is 3.29. The van der Waals surface area contributed by atoms with Crippen molar-refractivity contribution in [3.63, 3.8) is 0 Å². The Bertz CT molecular complexity index is 2190. The molecule has 4 rings (SSSR count). The molecule has 350 valence electrons. The van der Waals surface area contributed by atoms with Crippen LogP contribution in [0.1, 0.15) is 97.4 Å². The van der Waals surface area contributed by atoms with E-state index in [0.29, 0.717) is 39.3 Å². The van der Waals surface area contributed by atoms with Crippen LogP contribution in [0.3, 0.4) is 0 Å². The van der Waals surface area contributed by atoms with Crippen molar-refractivity contribution < 1.29 is 38.2 Å². The second kappa shape index (κ2) is 25.7. The van der Waals surface area contributed by atoms with Crippen LogP contribution in [0.5, 0.6) is 11.5 Å². The lowest BCUT2D eigenvalue weighted by atomic mass is 9.93. The summed E-state index contributed by atoms with van der Waals surface area (Å²) in [6.07, 6.45) is 7.37. The number of nitrogens with zero attached hydrogens (tertiary/aromatic N) is 2. The Morgan fingerprint density at radius 3 is 2.20 bits per heavy atom. The Balaban J connectivity index is 1.80. The van der Waals surface area contributed by atoms with Crippen LogP contribution in [0, 0.1) is 18.3 Å². The average molecular weight is 896 g/mol. The summed E-state index contributed by atoms with van der Waals surface area (Å²) in [5, 5.41) is 22.3. The number of hydrogen-bond donors (Lipinski definition) is 7. The Hall–Kier alpha value is -6.51. The van der Waals surface area contributed by atoms with Gasteiger partial charge in [0.25, 0.3) is 5.91 Å². The van der Waals surface area contributed by atoms with E-state index < -0.39 is 66.0 Å². The zero-order valence-corrected chi connectivity index (χ0v) is 38.2. The van der Waals surface area contributed by atoms with Gasteiger partial charge in [0.1, 0.15) is 55.4 Å². The number of hydrogen-bond acceptors (Lipinski definition) is 11. The van der Waals surface area contributed by atoms with Crippen LogP contribution < -0.4 is 47.5 Å². The smallest absolute Gasteiger partial charge is 0.252 e. The molecule has 65 heavy (non-hydrogen) atoms. The van der Waals surface area contributed by atoms with Gasteiger partial charge in [0.2, 0.25) is 29.5 Å². The number of carbonyl (C=O) groups is 6. The number of fused-ring (bicyclic) bond motifs is 5.